The van der Waals surface area contributed by atoms with E-state index in [1.807, 2.05) is 37.3 Å². The number of nitrogens with zero attached hydrogens (tertiary/aromatic N) is 1. The smallest absolute Gasteiger partial charge is 0.261 e. The maximum Gasteiger partial charge on any atom is 0.261 e. The Morgan fingerprint density at radius 2 is 1.67 bits per heavy atom. The fraction of sp³-hybridized carbons (Fsp3) is 0.0500. The molecule has 136 valence electrons. The summed E-state index contributed by atoms with van der Waals surface area (Å²) in [6, 6.07) is 19.5. The summed E-state index contributed by atoms with van der Waals surface area (Å²) in [7, 11) is -3.61. The number of thiazole rings is 1. The second-order valence-corrected chi connectivity index (χ2v) is 9.28. The number of anilines is 1. The molecule has 0 aliphatic rings. The number of aromatic nitrogens is 1. The summed E-state index contributed by atoms with van der Waals surface area (Å²) in [6.45, 7) is 1.92. The Hall–Kier alpha value is -2.41. The van der Waals surface area contributed by atoms with Gasteiger partial charge in [0.2, 0.25) is 0 Å². The predicted molar refractivity (Wildman–Crippen MR) is 112 cm³/mol. The van der Waals surface area contributed by atoms with Crippen LogP contribution in [0.3, 0.4) is 0 Å². The molecule has 0 radical (unpaired) electrons. The van der Waals surface area contributed by atoms with Crippen molar-refractivity contribution in [2.24, 2.45) is 0 Å². The molecule has 1 heterocycles. The predicted octanol–water partition coefficient (Wildman–Crippen LogP) is 5.73. The first-order valence-corrected chi connectivity index (χ1v) is 10.8. The number of nitrogens with one attached hydrogen (secondary N) is 1. The van der Waals surface area contributed by atoms with Gasteiger partial charge >= 0.3 is 0 Å². The lowest BCUT2D eigenvalue weighted by atomic mass is 10.2. The highest BCUT2D eigenvalue weighted by atomic mass is 35.5. The molecule has 3 aromatic carbocycles. The molecule has 0 bridgehead atoms. The van der Waals surface area contributed by atoms with Crippen LogP contribution < -0.4 is 4.72 Å². The van der Waals surface area contributed by atoms with Crippen molar-refractivity contribution in [3.05, 3.63) is 77.3 Å². The lowest BCUT2D eigenvalue weighted by molar-refractivity contribution is 0.601. The summed E-state index contributed by atoms with van der Waals surface area (Å²) in [6.07, 6.45) is 0. The molecule has 0 fully saturated rings. The fourth-order valence-electron chi connectivity index (χ4n) is 2.63. The van der Waals surface area contributed by atoms with E-state index in [9.17, 15) is 8.42 Å². The topological polar surface area (TPSA) is 59.1 Å². The zero-order valence-corrected chi connectivity index (χ0v) is 16.7. The molecule has 0 saturated heterocycles. The Morgan fingerprint density at radius 3 is 2.37 bits per heavy atom. The van der Waals surface area contributed by atoms with Crippen molar-refractivity contribution in [2.45, 2.75) is 11.8 Å². The lowest BCUT2D eigenvalue weighted by Gasteiger charge is -2.08. The normalized spacial score (nSPS) is 11.6. The highest BCUT2D eigenvalue weighted by Crippen LogP contribution is 2.32. The zero-order chi connectivity index (χ0) is 19.0. The van der Waals surface area contributed by atoms with Gasteiger partial charge in [-0.25, -0.2) is 13.4 Å². The summed E-state index contributed by atoms with van der Waals surface area (Å²) in [5, 5.41) is 1.54. The monoisotopic (exact) mass is 414 g/mol. The molecular formula is C20H15ClN2O2S2. The van der Waals surface area contributed by atoms with Crippen molar-refractivity contribution in [1.82, 2.24) is 4.98 Å². The third-order valence-corrected chi connectivity index (χ3v) is 6.77. The lowest BCUT2D eigenvalue weighted by Crippen LogP contribution is -2.12. The van der Waals surface area contributed by atoms with Gasteiger partial charge in [-0.2, -0.15) is 0 Å². The molecule has 0 amide bonds. The van der Waals surface area contributed by atoms with Gasteiger partial charge in [0, 0.05) is 16.3 Å². The number of rotatable bonds is 4. The molecule has 4 nitrogen and oxygen atoms in total. The molecule has 4 aromatic rings. The van der Waals surface area contributed by atoms with Crippen LogP contribution in [0.15, 0.2) is 71.6 Å². The van der Waals surface area contributed by atoms with Crippen molar-refractivity contribution in [3.8, 4) is 10.6 Å². The maximum absolute atomic E-state index is 12.5. The molecule has 0 spiro atoms. The number of sulfonamides is 1. The van der Waals surface area contributed by atoms with Crippen molar-refractivity contribution in [1.29, 1.82) is 0 Å². The molecule has 4 rings (SSSR count). The van der Waals surface area contributed by atoms with Crippen LogP contribution in [0.1, 0.15) is 5.56 Å². The fourth-order valence-corrected chi connectivity index (χ4v) is 4.94. The number of hydrogen-bond donors (Lipinski definition) is 1. The van der Waals surface area contributed by atoms with Crippen LogP contribution >= 0.6 is 22.9 Å². The summed E-state index contributed by atoms with van der Waals surface area (Å²) in [5.41, 5.74) is 3.33. The minimum atomic E-state index is -3.61. The van der Waals surface area contributed by atoms with E-state index in [-0.39, 0.29) is 4.90 Å². The molecule has 0 atom stereocenters. The molecule has 7 heteroatoms. The molecule has 1 N–H and O–H groups in total. The minimum Gasteiger partial charge on any atom is -0.280 e. The first-order valence-electron chi connectivity index (χ1n) is 8.17. The summed E-state index contributed by atoms with van der Waals surface area (Å²) in [4.78, 5) is 4.84. The van der Waals surface area contributed by atoms with E-state index < -0.39 is 10.0 Å². The van der Waals surface area contributed by atoms with Gasteiger partial charge in [-0.15, -0.1) is 11.3 Å². The Morgan fingerprint density at radius 1 is 0.963 bits per heavy atom. The van der Waals surface area contributed by atoms with Crippen LogP contribution in [0, 0.1) is 6.92 Å². The second-order valence-electron chi connectivity index (χ2n) is 6.13. The van der Waals surface area contributed by atoms with Crippen molar-refractivity contribution in [3.63, 3.8) is 0 Å². The first-order chi connectivity index (χ1) is 12.9. The number of halogens is 1. The number of hydrogen-bond acceptors (Lipinski definition) is 4. The Kier molecular flexibility index (Phi) is 4.63. The Balaban J connectivity index is 1.58. The molecule has 0 unspecified atom stereocenters. The largest absolute Gasteiger partial charge is 0.280 e. The van der Waals surface area contributed by atoms with E-state index >= 15 is 0 Å². The quantitative estimate of drug-likeness (QED) is 0.464. The van der Waals surface area contributed by atoms with Gasteiger partial charge < -0.3 is 0 Å². The van der Waals surface area contributed by atoms with Gasteiger partial charge in [0.1, 0.15) is 5.01 Å². The van der Waals surface area contributed by atoms with E-state index in [4.69, 9.17) is 11.6 Å². The molecule has 1 aromatic heterocycles. The summed E-state index contributed by atoms with van der Waals surface area (Å²) < 4.78 is 28.6. The van der Waals surface area contributed by atoms with Crippen LogP contribution in [-0.2, 0) is 10.0 Å². The van der Waals surface area contributed by atoms with Crippen LogP contribution in [0.5, 0.6) is 0 Å². The molecule has 0 saturated carbocycles. The summed E-state index contributed by atoms with van der Waals surface area (Å²) >= 11 is 7.58. The third-order valence-electron chi connectivity index (χ3n) is 4.07. The number of aryl methyl sites for hydroxylation is 1. The minimum absolute atomic E-state index is 0.236. The molecular weight excluding hydrogens is 400 g/mol. The van der Waals surface area contributed by atoms with Gasteiger partial charge in [-0.3, -0.25) is 4.72 Å². The molecule has 0 aliphatic carbocycles. The average Bonchev–Trinajstić information content (AvgIpc) is 3.05. The van der Waals surface area contributed by atoms with Gasteiger partial charge in [-0.05, 0) is 61.5 Å². The van der Waals surface area contributed by atoms with Crippen molar-refractivity contribution >= 4 is 48.9 Å². The highest BCUT2D eigenvalue weighted by Gasteiger charge is 2.14. The van der Waals surface area contributed by atoms with Gasteiger partial charge in [0.15, 0.2) is 0 Å². The van der Waals surface area contributed by atoms with Crippen LogP contribution in [0.2, 0.25) is 5.02 Å². The van der Waals surface area contributed by atoms with Crippen LogP contribution in [0.4, 0.5) is 5.69 Å². The van der Waals surface area contributed by atoms with Crippen LogP contribution in [0.25, 0.3) is 20.8 Å². The van der Waals surface area contributed by atoms with Gasteiger partial charge in [0.25, 0.3) is 10.0 Å². The first kappa shape index (κ1) is 18.0. The number of benzene rings is 3. The van der Waals surface area contributed by atoms with Gasteiger partial charge in [-0.1, -0.05) is 29.3 Å². The second kappa shape index (κ2) is 6.96. The van der Waals surface area contributed by atoms with Crippen molar-refractivity contribution in [2.75, 3.05) is 4.72 Å². The zero-order valence-electron chi connectivity index (χ0n) is 14.3. The SMILES string of the molecule is Cc1ccc(S(=O)(=O)Nc2ccc(-c3nc4ccc(Cl)cc4s3)cc2)cc1. The Labute approximate surface area is 166 Å². The number of fused-ring (bicyclic) bond motifs is 1. The van der Waals surface area contributed by atoms with E-state index in [1.165, 1.54) is 0 Å². The molecule has 27 heavy (non-hydrogen) atoms. The maximum atomic E-state index is 12.5. The van der Waals surface area contributed by atoms with Crippen molar-refractivity contribution < 1.29 is 8.42 Å². The van der Waals surface area contributed by atoms with E-state index in [0.29, 0.717) is 10.7 Å². The van der Waals surface area contributed by atoms with E-state index in [1.54, 1.807) is 47.7 Å². The molecule has 0 aliphatic heterocycles. The average molecular weight is 415 g/mol. The Bertz CT molecular complexity index is 1220. The van der Waals surface area contributed by atoms with Crippen LogP contribution in [-0.4, -0.2) is 13.4 Å². The summed E-state index contributed by atoms with van der Waals surface area (Å²) in [5.74, 6) is 0. The third kappa shape index (κ3) is 3.83. The standard InChI is InChI=1S/C20H15ClN2O2S2/c1-13-2-9-17(10-3-13)27(24,25)23-16-7-4-14(5-8-16)20-22-18-11-6-15(21)12-19(18)26-20/h2-12,23H,1H3. The van der Waals surface area contributed by atoms with Gasteiger partial charge in [0.05, 0.1) is 15.1 Å². The van der Waals surface area contributed by atoms with E-state index in [0.717, 1.165) is 26.4 Å². The highest BCUT2D eigenvalue weighted by molar-refractivity contribution is 7.92. The van der Waals surface area contributed by atoms with E-state index in [2.05, 4.69) is 9.71 Å².